The Kier molecular flexibility index (Phi) is 4.24. The fourth-order valence-corrected chi connectivity index (χ4v) is 2.69. The minimum atomic E-state index is -1.06. The van der Waals surface area contributed by atoms with E-state index in [1.165, 1.54) is 28.8 Å². The second kappa shape index (κ2) is 6.88. The molecule has 0 spiro atoms. The Bertz CT molecular complexity index is 1220. The van der Waals surface area contributed by atoms with Gasteiger partial charge in [0.2, 0.25) is 0 Å². The molecule has 9 heteroatoms. The summed E-state index contributed by atoms with van der Waals surface area (Å²) in [6.45, 7) is 0. The first kappa shape index (κ1) is 17.3. The van der Waals surface area contributed by atoms with Crippen LogP contribution in [-0.4, -0.2) is 25.7 Å². The van der Waals surface area contributed by atoms with Gasteiger partial charge in [0, 0.05) is 11.8 Å². The number of carboxylic acid groups (broad SMARTS) is 1. The molecule has 0 aliphatic rings. The lowest BCUT2D eigenvalue weighted by molar-refractivity contribution is 0.0697. The Morgan fingerprint density at radius 3 is 2.64 bits per heavy atom. The molecule has 138 valence electrons. The summed E-state index contributed by atoms with van der Waals surface area (Å²) in [6.07, 6.45) is 1.57. The third kappa shape index (κ3) is 3.16. The van der Waals surface area contributed by atoms with Crippen LogP contribution in [0.4, 0.5) is 21.6 Å². The number of carbonyl (C=O) groups is 1. The van der Waals surface area contributed by atoms with Crippen LogP contribution in [0.5, 0.6) is 0 Å². The predicted octanol–water partition coefficient (Wildman–Crippen LogP) is 4.23. The van der Waals surface area contributed by atoms with Crippen LogP contribution >= 0.6 is 0 Å². The van der Waals surface area contributed by atoms with E-state index in [1.807, 2.05) is 0 Å². The molecule has 2 heterocycles. The summed E-state index contributed by atoms with van der Waals surface area (Å²) in [5, 5.41) is 21.5. The van der Waals surface area contributed by atoms with E-state index in [2.05, 4.69) is 20.3 Å². The van der Waals surface area contributed by atoms with E-state index in [0.29, 0.717) is 17.0 Å². The zero-order valence-electron chi connectivity index (χ0n) is 14.3. The highest BCUT2D eigenvalue weighted by Gasteiger charge is 2.15. The van der Waals surface area contributed by atoms with Crippen LogP contribution < -0.4 is 5.73 Å². The lowest BCUT2D eigenvalue weighted by Crippen LogP contribution is -1.96. The van der Waals surface area contributed by atoms with Crippen LogP contribution in [0.15, 0.2) is 71.0 Å². The molecule has 0 saturated heterocycles. The van der Waals surface area contributed by atoms with Gasteiger partial charge in [-0.1, -0.05) is 6.07 Å². The number of fused-ring (bicyclic) bond motifs is 1. The zero-order valence-corrected chi connectivity index (χ0v) is 14.3. The first-order valence-electron chi connectivity index (χ1n) is 8.17. The van der Waals surface area contributed by atoms with Gasteiger partial charge in [0.25, 0.3) is 0 Å². The van der Waals surface area contributed by atoms with Gasteiger partial charge < -0.3 is 10.8 Å². The predicted molar refractivity (Wildman–Crippen MR) is 100 cm³/mol. The molecule has 0 fully saturated rings. The molecule has 2 aromatic carbocycles. The zero-order chi connectivity index (χ0) is 19.7. The largest absolute Gasteiger partial charge is 0.478 e. The van der Waals surface area contributed by atoms with Crippen molar-refractivity contribution in [2.75, 3.05) is 5.73 Å². The number of carboxylic acids is 1. The molecule has 2 aromatic heterocycles. The molecule has 0 atom stereocenters. The van der Waals surface area contributed by atoms with Crippen molar-refractivity contribution in [3.05, 3.63) is 72.2 Å². The smallest absolute Gasteiger partial charge is 0.335 e. The van der Waals surface area contributed by atoms with Gasteiger partial charge >= 0.3 is 5.97 Å². The third-order valence-electron chi connectivity index (χ3n) is 4.02. The number of benzene rings is 2. The van der Waals surface area contributed by atoms with Crippen molar-refractivity contribution in [1.82, 2.24) is 14.6 Å². The van der Waals surface area contributed by atoms with Crippen LogP contribution in [0.2, 0.25) is 0 Å². The molecule has 0 aliphatic heterocycles. The van der Waals surface area contributed by atoms with E-state index >= 15 is 0 Å². The van der Waals surface area contributed by atoms with Gasteiger partial charge in [0.1, 0.15) is 5.82 Å². The monoisotopic (exact) mass is 376 g/mol. The van der Waals surface area contributed by atoms with Crippen molar-refractivity contribution in [2.24, 2.45) is 10.2 Å². The number of aromatic nitrogens is 3. The van der Waals surface area contributed by atoms with Gasteiger partial charge in [0.15, 0.2) is 17.2 Å². The summed E-state index contributed by atoms with van der Waals surface area (Å²) < 4.78 is 14.7. The molecule has 4 aromatic rings. The minimum absolute atomic E-state index is 0.0982. The molecule has 3 N–H and O–H groups in total. The van der Waals surface area contributed by atoms with Gasteiger partial charge in [-0.05, 0) is 48.5 Å². The third-order valence-corrected chi connectivity index (χ3v) is 4.02. The minimum Gasteiger partial charge on any atom is -0.478 e. The second-order valence-electron chi connectivity index (χ2n) is 5.86. The maximum atomic E-state index is 13.2. The fourth-order valence-electron chi connectivity index (χ4n) is 2.69. The number of anilines is 1. The van der Waals surface area contributed by atoms with Crippen molar-refractivity contribution in [3.63, 3.8) is 0 Å². The van der Waals surface area contributed by atoms with E-state index < -0.39 is 5.97 Å². The maximum Gasteiger partial charge on any atom is 0.335 e. The number of halogens is 1. The number of hydrogen-bond acceptors (Lipinski definition) is 6. The average molecular weight is 376 g/mol. The standard InChI is InChI=1S/C19H13FN6O2/c20-13-6-4-11(5-7-13)15-8-9-22-18-16(17(21)25-26(15)18)24-23-14-3-1-2-12(10-14)19(27)28/h1-10H,(H2,21,25)(H,27,28). The second-order valence-corrected chi connectivity index (χ2v) is 5.86. The first-order valence-corrected chi connectivity index (χ1v) is 8.17. The normalized spacial score (nSPS) is 11.3. The van der Waals surface area contributed by atoms with Crippen molar-refractivity contribution in [1.29, 1.82) is 0 Å². The van der Waals surface area contributed by atoms with Gasteiger partial charge in [-0.15, -0.1) is 10.2 Å². The topological polar surface area (TPSA) is 118 Å². The molecule has 28 heavy (non-hydrogen) atoms. The number of hydrogen-bond donors (Lipinski definition) is 2. The fraction of sp³-hybridized carbons (Fsp3) is 0. The summed E-state index contributed by atoms with van der Waals surface area (Å²) in [5.74, 6) is -1.29. The Hall–Kier alpha value is -4.14. The van der Waals surface area contributed by atoms with Crippen LogP contribution in [0, 0.1) is 5.82 Å². The molecule has 0 saturated carbocycles. The Morgan fingerprint density at radius 2 is 1.89 bits per heavy atom. The Balaban J connectivity index is 1.77. The highest BCUT2D eigenvalue weighted by Crippen LogP contribution is 2.31. The molecule has 0 unspecified atom stereocenters. The van der Waals surface area contributed by atoms with E-state index in [9.17, 15) is 9.18 Å². The summed E-state index contributed by atoms with van der Waals surface area (Å²) in [5.41, 5.74) is 8.46. The summed E-state index contributed by atoms with van der Waals surface area (Å²) in [7, 11) is 0. The molecule has 0 aliphatic carbocycles. The van der Waals surface area contributed by atoms with Gasteiger partial charge in [0.05, 0.1) is 16.9 Å². The van der Waals surface area contributed by atoms with E-state index in [1.54, 1.807) is 36.5 Å². The summed E-state index contributed by atoms with van der Waals surface area (Å²) in [4.78, 5) is 15.3. The van der Waals surface area contributed by atoms with Gasteiger partial charge in [-0.25, -0.2) is 18.7 Å². The molecule has 8 nitrogen and oxygen atoms in total. The Morgan fingerprint density at radius 1 is 1.11 bits per heavy atom. The van der Waals surface area contributed by atoms with Crippen molar-refractivity contribution in [2.45, 2.75) is 0 Å². The van der Waals surface area contributed by atoms with E-state index in [-0.39, 0.29) is 22.9 Å². The van der Waals surface area contributed by atoms with Gasteiger partial charge in [-0.2, -0.15) is 5.11 Å². The highest BCUT2D eigenvalue weighted by atomic mass is 19.1. The van der Waals surface area contributed by atoms with Gasteiger partial charge in [-0.3, -0.25) is 0 Å². The molecule has 4 rings (SSSR count). The first-order chi connectivity index (χ1) is 13.5. The van der Waals surface area contributed by atoms with E-state index in [4.69, 9.17) is 10.8 Å². The summed E-state index contributed by atoms with van der Waals surface area (Å²) >= 11 is 0. The SMILES string of the molecule is Nc1nn2c(-c3ccc(F)cc3)ccnc2c1N=Nc1cccc(C(=O)O)c1. The van der Waals surface area contributed by atoms with Crippen LogP contribution in [-0.2, 0) is 0 Å². The number of aromatic carboxylic acids is 1. The van der Waals surface area contributed by atoms with Crippen molar-refractivity contribution >= 4 is 28.8 Å². The Labute approximate surface area is 157 Å². The number of nitrogens with zero attached hydrogens (tertiary/aromatic N) is 5. The molecule has 0 amide bonds. The molecular formula is C19H13FN6O2. The molecule has 0 radical (unpaired) electrons. The number of azo groups is 1. The summed E-state index contributed by atoms with van der Waals surface area (Å²) in [6, 6.07) is 13.7. The van der Waals surface area contributed by atoms with Crippen LogP contribution in [0.25, 0.3) is 16.9 Å². The van der Waals surface area contributed by atoms with Crippen LogP contribution in [0.3, 0.4) is 0 Å². The highest BCUT2D eigenvalue weighted by molar-refractivity contribution is 5.88. The quantitative estimate of drug-likeness (QED) is 0.517. The maximum absolute atomic E-state index is 13.2. The van der Waals surface area contributed by atoms with Crippen LogP contribution in [0.1, 0.15) is 10.4 Å². The lowest BCUT2D eigenvalue weighted by Gasteiger charge is -2.04. The average Bonchev–Trinajstić information content (AvgIpc) is 3.02. The molecule has 0 bridgehead atoms. The molecular weight excluding hydrogens is 363 g/mol. The van der Waals surface area contributed by atoms with E-state index in [0.717, 1.165) is 5.56 Å². The number of nitrogen functional groups attached to an aromatic ring is 1. The van der Waals surface area contributed by atoms with Crippen molar-refractivity contribution < 1.29 is 14.3 Å². The van der Waals surface area contributed by atoms with Crippen molar-refractivity contribution in [3.8, 4) is 11.3 Å². The number of rotatable bonds is 4. The number of nitrogens with two attached hydrogens (primary N) is 1. The lowest BCUT2D eigenvalue weighted by atomic mass is 10.1.